The van der Waals surface area contributed by atoms with E-state index in [1.165, 1.54) is 0 Å². The minimum Gasteiger partial charge on any atom is -0.508 e. The number of hydrogen-bond donors (Lipinski definition) is 3. The number of H-pyrrole nitrogens is 1. The van der Waals surface area contributed by atoms with Crippen LogP contribution in [-0.2, 0) is 6.42 Å². The first-order chi connectivity index (χ1) is 7.25. The van der Waals surface area contributed by atoms with Crippen molar-refractivity contribution in [1.82, 2.24) is 9.97 Å². The molecule has 0 fully saturated rings. The van der Waals surface area contributed by atoms with E-state index in [0.29, 0.717) is 12.2 Å². The van der Waals surface area contributed by atoms with Gasteiger partial charge in [-0.2, -0.15) is 0 Å². The maximum Gasteiger partial charge on any atom is 0.135 e. The number of rotatable bonds is 3. The zero-order valence-corrected chi connectivity index (χ0v) is 8.09. The van der Waals surface area contributed by atoms with Crippen molar-refractivity contribution < 1.29 is 10.2 Å². The fraction of sp³-hybridized carbons (Fsp3) is 0.182. The normalized spacial score (nSPS) is 12.6. The van der Waals surface area contributed by atoms with Gasteiger partial charge in [0.05, 0.1) is 0 Å². The smallest absolute Gasteiger partial charge is 0.135 e. The molecule has 4 heteroatoms. The molecule has 0 amide bonds. The van der Waals surface area contributed by atoms with Gasteiger partial charge >= 0.3 is 0 Å². The van der Waals surface area contributed by atoms with E-state index in [-0.39, 0.29) is 5.75 Å². The lowest BCUT2D eigenvalue weighted by molar-refractivity contribution is 0.169. The van der Waals surface area contributed by atoms with Crippen molar-refractivity contribution in [2.75, 3.05) is 0 Å². The molecule has 0 bridgehead atoms. The predicted molar refractivity (Wildman–Crippen MR) is 55.4 cm³/mol. The molecule has 0 aliphatic carbocycles. The summed E-state index contributed by atoms with van der Waals surface area (Å²) in [4.78, 5) is 6.83. The molecule has 1 aromatic carbocycles. The molecule has 78 valence electrons. The van der Waals surface area contributed by atoms with E-state index in [9.17, 15) is 5.11 Å². The predicted octanol–water partition coefficient (Wildman–Crippen LogP) is 1.39. The molecule has 0 saturated carbocycles. The first kappa shape index (κ1) is 9.73. The number of benzene rings is 1. The zero-order chi connectivity index (χ0) is 10.7. The van der Waals surface area contributed by atoms with E-state index in [2.05, 4.69) is 9.97 Å². The van der Waals surface area contributed by atoms with Crippen LogP contribution in [0.15, 0.2) is 36.7 Å². The van der Waals surface area contributed by atoms with Crippen molar-refractivity contribution in [1.29, 1.82) is 0 Å². The Morgan fingerprint density at radius 2 is 2.00 bits per heavy atom. The number of aromatic nitrogens is 2. The number of aliphatic hydroxyl groups is 1. The molecule has 1 unspecified atom stereocenters. The Hall–Kier alpha value is -1.81. The summed E-state index contributed by atoms with van der Waals surface area (Å²) in [6.07, 6.45) is 3.13. The second-order valence-electron chi connectivity index (χ2n) is 3.36. The summed E-state index contributed by atoms with van der Waals surface area (Å²) in [6, 6.07) is 6.76. The van der Waals surface area contributed by atoms with Crippen molar-refractivity contribution in [2.45, 2.75) is 12.5 Å². The molecule has 0 radical (unpaired) electrons. The molecule has 15 heavy (non-hydrogen) atoms. The molecule has 1 atom stereocenters. The first-order valence-corrected chi connectivity index (χ1v) is 4.71. The topological polar surface area (TPSA) is 69.1 Å². The fourth-order valence-electron chi connectivity index (χ4n) is 1.41. The maximum atomic E-state index is 9.78. The molecular formula is C11H12N2O2. The highest BCUT2D eigenvalue weighted by Crippen LogP contribution is 2.16. The van der Waals surface area contributed by atoms with Gasteiger partial charge in [-0.3, -0.25) is 0 Å². The number of aromatic hydroxyl groups is 1. The number of phenols is 1. The third-order valence-electron chi connectivity index (χ3n) is 2.20. The van der Waals surface area contributed by atoms with Gasteiger partial charge in [0, 0.05) is 18.8 Å². The summed E-state index contributed by atoms with van der Waals surface area (Å²) in [7, 11) is 0. The van der Waals surface area contributed by atoms with Gasteiger partial charge < -0.3 is 15.2 Å². The van der Waals surface area contributed by atoms with E-state index in [1.807, 2.05) is 0 Å². The fourth-order valence-corrected chi connectivity index (χ4v) is 1.41. The molecule has 2 rings (SSSR count). The van der Waals surface area contributed by atoms with Crippen molar-refractivity contribution in [3.8, 4) is 5.75 Å². The first-order valence-electron chi connectivity index (χ1n) is 4.71. The summed E-state index contributed by atoms with van der Waals surface area (Å²) < 4.78 is 0. The monoisotopic (exact) mass is 204 g/mol. The lowest BCUT2D eigenvalue weighted by atomic mass is 10.1. The van der Waals surface area contributed by atoms with E-state index in [4.69, 9.17) is 5.11 Å². The Bertz CT molecular complexity index is 409. The van der Waals surface area contributed by atoms with Crippen LogP contribution in [0.4, 0.5) is 0 Å². The van der Waals surface area contributed by atoms with Crippen LogP contribution in [-0.4, -0.2) is 20.2 Å². The van der Waals surface area contributed by atoms with E-state index >= 15 is 0 Å². The number of imidazole rings is 1. The molecule has 3 N–H and O–H groups in total. The molecule has 1 aromatic heterocycles. The van der Waals surface area contributed by atoms with Crippen LogP contribution in [0.2, 0.25) is 0 Å². The van der Waals surface area contributed by atoms with Gasteiger partial charge in [0.15, 0.2) is 0 Å². The van der Waals surface area contributed by atoms with Crippen molar-refractivity contribution in [3.05, 3.63) is 48.0 Å². The molecule has 4 nitrogen and oxygen atoms in total. The van der Waals surface area contributed by atoms with Crippen LogP contribution >= 0.6 is 0 Å². The molecule has 1 heterocycles. The van der Waals surface area contributed by atoms with Gasteiger partial charge in [-0.15, -0.1) is 0 Å². The summed E-state index contributed by atoms with van der Waals surface area (Å²) in [6.45, 7) is 0. The van der Waals surface area contributed by atoms with E-state index in [1.54, 1.807) is 36.7 Å². The highest BCUT2D eigenvalue weighted by atomic mass is 16.3. The van der Waals surface area contributed by atoms with Gasteiger partial charge in [0.2, 0.25) is 0 Å². The summed E-state index contributed by atoms with van der Waals surface area (Å²) >= 11 is 0. The van der Waals surface area contributed by atoms with Crippen molar-refractivity contribution >= 4 is 0 Å². The largest absolute Gasteiger partial charge is 0.508 e. The SMILES string of the molecule is Oc1ccc(CC(O)c2ncc[nH]2)cc1. The number of phenolic OH excluding ortho intramolecular Hbond substituents is 1. The second kappa shape index (κ2) is 4.14. The van der Waals surface area contributed by atoms with E-state index < -0.39 is 6.10 Å². The molecule has 0 saturated heterocycles. The van der Waals surface area contributed by atoms with Crippen LogP contribution in [0.5, 0.6) is 5.75 Å². The third-order valence-corrected chi connectivity index (χ3v) is 2.20. The lowest BCUT2D eigenvalue weighted by Gasteiger charge is -2.07. The van der Waals surface area contributed by atoms with E-state index in [0.717, 1.165) is 5.56 Å². The van der Waals surface area contributed by atoms with Gasteiger partial charge in [0.25, 0.3) is 0 Å². The minimum absolute atomic E-state index is 0.228. The number of aliphatic hydroxyl groups excluding tert-OH is 1. The average molecular weight is 204 g/mol. The number of aromatic amines is 1. The van der Waals surface area contributed by atoms with Gasteiger partial charge in [-0.1, -0.05) is 12.1 Å². The second-order valence-corrected chi connectivity index (χ2v) is 3.36. The minimum atomic E-state index is -0.635. The Kier molecular flexibility index (Phi) is 2.69. The van der Waals surface area contributed by atoms with Crippen LogP contribution in [0, 0.1) is 0 Å². The van der Waals surface area contributed by atoms with Crippen LogP contribution in [0.25, 0.3) is 0 Å². The molecule has 0 aliphatic rings. The lowest BCUT2D eigenvalue weighted by Crippen LogP contribution is -2.03. The van der Waals surface area contributed by atoms with Gasteiger partial charge in [0.1, 0.15) is 17.7 Å². The zero-order valence-electron chi connectivity index (χ0n) is 8.09. The number of hydrogen-bond acceptors (Lipinski definition) is 3. The number of nitrogens with zero attached hydrogens (tertiary/aromatic N) is 1. The molecule has 2 aromatic rings. The van der Waals surface area contributed by atoms with Gasteiger partial charge in [-0.05, 0) is 17.7 Å². The summed E-state index contributed by atoms with van der Waals surface area (Å²) in [5, 5.41) is 18.9. The van der Waals surface area contributed by atoms with Crippen molar-refractivity contribution in [3.63, 3.8) is 0 Å². The molecular weight excluding hydrogens is 192 g/mol. The van der Waals surface area contributed by atoms with Crippen LogP contribution < -0.4 is 0 Å². The average Bonchev–Trinajstić information content (AvgIpc) is 2.74. The van der Waals surface area contributed by atoms with Crippen LogP contribution in [0.1, 0.15) is 17.5 Å². The molecule has 0 spiro atoms. The Balaban J connectivity index is 2.06. The standard InChI is InChI=1S/C11H12N2O2/c14-9-3-1-8(2-4-9)7-10(15)11-12-5-6-13-11/h1-6,10,14-15H,7H2,(H,12,13). The quantitative estimate of drug-likeness (QED) is 0.707. The molecule has 0 aliphatic heterocycles. The van der Waals surface area contributed by atoms with Crippen molar-refractivity contribution in [2.24, 2.45) is 0 Å². The Morgan fingerprint density at radius 1 is 1.27 bits per heavy atom. The summed E-state index contributed by atoms with van der Waals surface area (Å²) in [5.41, 5.74) is 0.955. The Labute approximate surface area is 87.2 Å². The highest BCUT2D eigenvalue weighted by molar-refractivity contribution is 5.26. The van der Waals surface area contributed by atoms with Gasteiger partial charge in [-0.25, -0.2) is 4.98 Å². The number of nitrogens with one attached hydrogen (secondary N) is 1. The van der Waals surface area contributed by atoms with Crippen LogP contribution in [0.3, 0.4) is 0 Å². The summed E-state index contributed by atoms with van der Waals surface area (Å²) in [5.74, 6) is 0.786. The third kappa shape index (κ3) is 2.35. The Morgan fingerprint density at radius 3 is 2.60 bits per heavy atom. The highest BCUT2D eigenvalue weighted by Gasteiger charge is 2.10. The maximum absolute atomic E-state index is 9.78.